The molecule has 0 spiro atoms. The van der Waals surface area contributed by atoms with Crippen LogP contribution in [0.2, 0.25) is 0 Å². The zero-order chi connectivity index (χ0) is 17.3. The fourth-order valence-electron chi connectivity index (χ4n) is 2.66. The molecule has 0 saturated heterocycles. The van der Waals surface area contributed by atoms with Gasteiger partial charge in [-0.25, -0.2) is 0 Å². The molecule has 1 aromatic heterocycles. The van der Waals surface area contributed by atoms with Gasteiger partial charge in [0, 0.05) is 23.4 Å². The molecular weight excluding hydrogens is 304 g/mol. The number of hydrogen-bond acceptors (Lipinski definition) is 1. The number of fused-ring (bicyclic) bond motifs is 1. The Morgan fingerprint density at radius 2 is 1.92 bits per heavy atom. The van der Waals surface area contributed by atoms with Gasteiger partial charge in [0.25, 0.3) is 0 Å². The van der Waals surface area contributed by atoms with Gasteiger partial charge in [0.2, 0.25) is 0 Å². The number of aromatic nitrogens is 1. The predicted molar refractivity (Wildman–Crippen MR) is 108 cm³/mol. The molecule has 124 valence electrons. The minimum absolute atomic E-state index is 0.801. The van der Waals surface area contributed by atoms with Gasteiger partial charge in [0.05, 0.1) is 11.2 Å². The molecule has 0 saturated carbocycles. The molecule has 0 aliphatic heterocycles. The topological polar surface area (TPSA) is 28.1 Å². The van der Waals surface area contributed by atoms with Gasteiger partial charge in [-0.15, -0.1) is 6.58 Å². The minimum atomic E-state index is 0.801. The maximum Gasteiger partial charge on any atom is 0.0590 e. The van der Waals surface area contributed by atoms with Gasteiger partial charge in [-0.05, 0) is 30.5 Å². The van der Waals surface area contributed by atoms with E-state index in [4.69, 9.17) is 0 Å². The fourth-order valence-corrected chi connectivity index (χ4v) is 2.66. The maximum absolute atomic E-state index is 4.67. The summed E-state index contributed by atoms with van der Waals surface area (Å²) in [6, 6.07) is 18.7. The molecule has 2 nitrogen and oxygen atoms in total. The summed E-state index contributed by atoms with van der Waals surface area (Å²) in [5.74, 6) is 0. The van der Waals surface area contributed by atoms with Crippen molar-refractivity contribution in [3.63, 3.8) is 0 Å². The Morgan fingerprint density at radius 1 is 1.04 bits per heavy atom. The molecule has 0 amide bonds. The lowest BCUT2D eigenvalue weighted by molar-refractivity contribution is 1.24. The fraction of sp³-hybridized carbons (Fsp3) is 0.0870. The Labute approximate surface area is 148 Å². The van der Waals surface area contributed by atoms with Crippen molar-refractivity contribution in [2.24, 2.45) is 4.99 Å². The number of hydrogen-bond donors (Lipinski definition) is 1. The highest BCUT2D eigenvalue weighted by Crippen LogP contribution is 2.16. The summed E-state index contributed by atoms with van der Waals surface area (Å²) in [4.78, 5) is 7.95. The van der Waals surface area contributed by atoms with Crippen LogP contribution in [0.1, 0.15) is 17.5 Å². The Kier molecular flexibility index (Phi) is 5.78. The van der Waals surface area contributed by atoms with Crippen molar-refractivity contribution in [1.82, 2.24) is 4.98 Å². The summed E-state index contributed by atoms with van der Waals surface area (Å²) in [7, 11) is 0. The van der Waals surface area contributed by atoms with Gasteiger partial charge >= 0.3 is 0 Å². The number of rotatable bonds is 7. The van der Waals surface area contributed by atoms with Crippen molar-refractivity contribution in [2.45, 2.75) is 12.8 Å². The van der Waals surface area contributed by atoms with Gasteiger partial charge in [-0.3, -0.25) is 4.99 Å². The standard InChI is InChI=1S/C23H22N2/c1-2-3-14-22(15-7-11-19-9-5-4-6-10-19)25-18-21-13-8-12-20-16-17-24-23(20)21/h2,4-10,12-18,24H,1,3,11H2/b15-7-,22-14+,25-18?. The Hall–Kier alpha value is -3.13. The first-order valence-electron chi connectivity index (χ1n) is 8.48. The number of nitrogens with one attached hydrogen (secondary N) is 1. The Bertz CT molecular complexity index is 911. The minimum Gasteiger partial charge on any atom is -0.361 e. The SMILES string of the molecule is C=CC/C=C(\C=C/Cc1ccccc1)N=Cc1cccc2cc[nH]c12. The van der Waals surface area contributed by atoms with E-state index in [2.05, 4.69) is 83.3 Å². The van der Waals surface area contributed by atoms with E-state index >= 15 is 0 Å². The molecular formula is C23H22N2. The second-order valence-electron chi connectivity index (χ2n) is 5.79. The summed E-state index contributed by atoms with van der Waals surface area (Å²) in [6.07, 6.45) is 13.8. The van der Waals surface area contributed by atoms with E-state index in [0.29, 0.717) is 0 Å². The summed E-state index contributed by atoms with van der Waals surface area (Å²) in [6.45, 7) is 3.79. The van der Waals surface area contributed by atoms with Crippen molar-refractivity contribution in [1.29, 1.82) is 0 Å². The lowest BCUT2D eigenvalue weighted by Crippen LogP contribution is -1.85. The zero-order valence-corrected chi connectivity index (χ0v) is 14.2. The second-order valence-corrected chi connectivity index (χ2v) is 5.79. The number of H-pyrrole nitrogens is 1. The van der Waals surface area contributed by atoms with Gasteiger partial charge in [-0.1, -0.05) is 66.8 Å². The van der Waals surface area contributed by atoms with Crippen LogP contribution in [0.15, 0.2) is 102 Å². The zero-order valence-electron chi connectivity index (χ0n) is 14.2. The molecule has 1 N–H and O–H groups in total. The Morgan fingerprint density at radius 3 is 2.76 bits per heavy atom. The molecule has 1 heterocycles. The number of aromatic amines is 1. The molecule has 0 unspecified atom stereocenters. The second kappa shape index (κ2) is 8.65. The molecule has 0 atom stereocenters. The van der Waals surface area contributed by atoms with Crippen LogP contribution in [-0.2, 0) is 6.42 Å². The van der Waals surface area contributed by atoms with Crippen molar-refractivity contribution < 1.29 is 0 Å². The van der Waals surface area contributed by atoms with Crippen LogP contribution in [0.3, 0.4) is 0 Å². The van der Waals surface area contributed by atoms with Crippen LogP contribution in [0.4, 0.5) is 0 Å². The first kappa shape index (κ1) is 16.7. The molecule has 2 aromatic carbocycles. The highest BCUT2D eigenvalue weighted by molar-refractivity contribution is 5.98. The molecule has 3 aromatic rings. The van der Waals surface area contributed by atoms with Crippen LogP contribution in [-0.4, -0.2) is 11.2 Å². The normalized spacial score (nSPS) is 12.4. The predicted octanol–water partition coefficient (Wildman–Crippen LogP) is 5.85. The quantitative estimate of drug-likeness (QED) is 0.321. The van der Waals surface area contributed by atoms with Gasteiger partial charge in [0.1, 0.15) is 0 Å². The van der Waals surface area contributed by atoms with E-state index in [-0.39, 0.29) is 0 Å². The largest absolute Gasteiger partial charge is 0.361 e. The van der Waals surface area contributed by atoms with E-state index in [9.17, 15) is 0 Å². The van der Waals surface area contributed by atoms with E-state index < -0.39 is 0 Å². The van der Waals surface area contributed by atoms with Crippen LogP contribution >= 0.6 is 0 Å². The Balaban J connectivity index is 1.76. The molecule has 0 aliphatic carbocycles. The number of nitrogens with zero attached hydrogens (tertiary/aromatic N) is 1. The summed E-state index contributed by atoms with van der Waals surface area (Å²) >= 11 is 0. The molecule has 0 fully saturated rings. The molecule has 3 rings (SSSR count). The van der Waals surface area contributed by atoms with Crippen LogP contribution in [0, 0.1) is 0 Å². The van der Waals surface area contributed by atoms with E-state index in [1.54, 1.807) is 0 Å². The molecule has 25 heavy (non-hydrogen) atoms. The number of benzene rings is 2. The lowest BCUT2D eigenvalue weighted by Gasteiger charge is -1.99. The van der Waals surface area contributed by atoms with Crippen LogP contribution in [0.5, 0.6) is 0 Å². The third kappa shape index (κ3) is 4.67. The summed E-state index contributed by atoms with van der Waals surface area (Å²) in [5.41, 5.74) is 4.44. The maximum atomic E-state index is 4.67. The smallest absolute Gasteiger partial charge is 0.0590 e. The average Bonchev–Trinajstić information content (AvgIpc) is 3.14. The summed E-state index contributed by atoms with van der Waals surface area (Å²) < 4.78 is 0. The van der Waals surface area contributed by atoms with Crippen LogP contribution in [0.25, 0.3) is 10.9 Å². The van der Waals surface area contributed by atoms with E-state index in [1.807, 2.05) is 24.6 Å². The van der Waals surface area contributed by atoms with Crippen molar-refractivity contribution in [3.8, 4) is 0 Å². The first-order valence-corrected chi connectivity index (χ1v) is 8.48. The molecule has 0 radical (unpaired) electrons. The third-order valence-corrected chi connectivity index (χ3v) is 3.95. The van der Waals surface area contributed by atoms with Gasteiger partial charge in [-0.2, -0.15) is 0 Å². The number of para-hydroxylation sites is 1. The van der Waals surface area contributed by atoms with Crippen LogP contribution < -0.4 is 0 Å². The van der Waals surface area contributed by atoms with E-state index in [0.717, 1.165) is 29.6 Å². The molecule has 0 aliphatic rings. The summed E-state index contributed by atoms with van der Waals surface area (Å²) in [5, 5.41) is 1.19. The number of allylic oxidation sites excluding steroid dienone is 4. The van der Waals surface area contributed by atoms with Crippen molar-refractivity contribution >= 4 is 17.1 Å². The lowest BCUT2D eigenvalue weighted by atomic mass is 10.1. The third-order valence-electron chi connectivity index (χ3n) is 3.95. The monoisotopic (exact) mass is 326 g/mol. The molecule has 0 bridgehead atoms. The highest BCUT2D eigenvalue weighted by atomic mass is 14.7. The van der Waals surface area contributed by atoms with E-state index in [1.165, 1.54) is 10.9 Å². The first-order chi connectivity index (χ1) is 12.4. The van der Waals surface area contributed by atoms with Gasteiger partial charge in [0.15, 0.2) is 0 Å². The van der Waals surface area contributed by atoms with Crippen molar-refractivity contribution in [2.75, 3.05) is 0 Å². The highest BCUT2D eigenvalue weighted by Gasteiger charge is 1.98. The molecule has 2 heteroatoms. The average molecular weight is 326 g/mol. The van der Waals surface area contributed by atoms with Crippen molar-refractivity contribution in [3.05, 3.63) is 109 Å². The van der Waals surface area contributed by atoms with Gasteiger partial charge < -0.3 is 4.98 Å². The number of aliphatic imine (C=N–C) groups is 1.